The number of hydrogen-bond acceptors (Lipinski definition) is 3. The Morgan fingerprint density at radius 1 is 1.00 bits per heavy atom. The van der Waals surface area contributed by atoms with Crippen molar-refractivity contribution in [1.82, 2.24) is 9.88 Å². The van der Waals surface area contributed by atoms with Crippen molar-refractivity contribution in [2.24, 2.45) is 0 Å². The van der Waals surface area contributed by atoms with E-state index in [0.29, 0.717) is 9.23 Å². The summed E-state index contributed by atoms with van der Waals surface area (Å²) >= 11 is 6.38. The Labute approximate surface area is 168 Å². The first-order valence-corrected chi connectivity index (χ1v) is 9.85. The predicted molar refractivity (Wildman–Crippen MR) is 117 cm³/mol. The number of carbonyl (C=O) groups is 1. The summed E-state index contributed by atoms with van der Waals surface area (Å²) < 4.78 is 2.72. The molecule has 134 valence electrons. The highest BCUT2D eigenvalue weighted by atomic mass is 32.2. The standard InChI is InChI=1S/C22H18N2OS2/c1-14-12-18(13-20-21(25)23-22(26)27-20)15(2)24(14)19-10-8-17(9-11-19)16-6-4-3-5-7-16/h3-13H,1-2H3,(H,23,25,26)/b20-13+. The molecule has 0 bridgehead atoms. The van der Waals surface area contributed by atoms with Crippen molar-refractivity contribution in [2.45, 2.75) is 13.8 Å². The molecule has 3 nitrogen and oxygen atoms in total. The second-order valence-corrected chi connectivity index (χ2v) is 8.15. The van der Waals surface area contributed by atoms with E-state index in [1.807, 2.05) is 24.3 Å². The van der Waals surface area contributed by atoms with E-state index < -0.39 is 0 Å². The van der Waals surface area contributed by atoms with E-state index in [9.17, 15) is 4.79 Å². The van der Waals surface area contributed by atoms with E-state index in [1.165, 1.54) is 22.9 Å². The molecule has 5 heteroatoms. The molecule has 1 aliphatic heterocycles. The average molecular weight is 391 g/mol. The molecule has 0 aliphatic carbocycles. The van der Waals surface area contributed by atoms with Gasteiger partial charge in [-0.3, -0.25) is 4.79 Å². The number of aromatic nitrogens is 1. The lowest BCUT2D eigenvalue weighted by Crippen LogP contribution is -2.17. The third-order valence-corrected chi connectivity index (χ3v) is 5.79. The van der Waals surface area contributed by atoms with Gasteiger partial charge >= 0.3 is 0 Å². The summed E-state index contributed by atoms with van der Waals surface area (Å²) in [4.78, 5) is 12.6. The summed E-state index contributed by atoms with van der Waals surface area (Å²) in [6, 6.07) is 21.0. The van der Waals surface area contributed by atoms with Crippen LogP contribution < -0.4 is 5.32 Å². The molecule has 1 aliphatic rings. The zero-order valence-electron chi connectivity index (χ0n) is 15.0. The van der Waals surface area contributed by atoms with Crippen LogP contribution in [-0.4, -0.2) is 14.8 Å². The minimum atomic E-state index is -0.123. The number of hydrogen-bond donors (Lipinski definition) is 1. The van der Waals surface area contributed by atoms with Crippen LogP contribution in [0.5, 0.6) is 0 Å². The first-order chi connectivity index (χ1) is 13.0. The van der Waals surface area contributed by atoms with Gasteiger partial charge in [-0.1, -0.05) is 66.4 Å². The number of amides is 1. The van der Waals surface area contributed by atoms with Crippen LogP contribution in [0.1, 0.15) is 17.0 Å². The van der Waals surface area contributed by atoms with Crippen LogP contribution in [0, 0.1) is 13.8 Å². The van der Waals surface area contributed by atoms with Crippen LogP contribution >= 0.6 is 24.0 Å². The fourth-order valence-electron chi connectivity index (χ4n) is 3.33. The summed E-state index contributed by atoms with van der Waals surface area (Å²) in [5.74, 6) is -0.123. The van der Waals surface area contributed by atoms with E-state index in [4.69, 9.17) is 12.2 Å². The lowest BCUT2D eigenvalue weighted by Gasteiger charge is -2.11. The predicted octanol–water partition coefficient (Wildman–Crippen LogP) is 5.25. The third-order valence-electron chi connectivity index (χ3n) is 4.63. The zero-order chi connectivity index (χ0) is 19.0. The van der Waals surface area contributed by atoms with Crippen molar-refractivity contribution in [1.29, 1.82) is 0 Å². The Bertz CT molecular complexity index is 1060. The minimum absolute atomic E-state index is 0.123. The second kappa shape index (κ2) is 7.18. The van der Waals surface area contributed by atoms with Gasteiger partial charge in [0.1, 0.15) is 4.32 Å². The summed E-state index contributed by atoms with van der Waals surface area (Å²) in [5, 5.41) is 2.66. The molecule has 1 saturated heterocycles. The highest BCUT2D eigenvalue weighted by molar-refractivity contribution is 8.26. The molecule has 1 N–H and O–H groups in total. The lowest BCUT2D eigenvalue weighted by molar-refractivity contribution is -0.115. The molecule has 0 unspecified atom stereocenters. The third kappa shape index (κ3) is 3.48. The van der Waals surface area contributed by atoms with E-state index in [2.05, 4.69) is 66.2 Å². The maximum atomic E-state index is 11.9. The zero-order valence-corrected chi connectivity index (χ0v) is 16.7. The molecule has 3 aromatic rings. The monoisotopic (exact) mass is 390 g/mol. The van der Waals surface area contributed by atoms with Gasteiger partial charge < -0.3 is 9.88 Å². The topological polar surface area (TPSA) is 34.0 Å². The Kier molecular flexibility index (Phi) is 4.72. The fourth-order valence-corrected chi connectivity index (χ4v) is 4.36. The van der Waals surface area contributed by atoms with E-state index in [1.54, 1.807) is 0 Å². The Morgan fingerprint density at radius 3 is 2.30 bits per heavy atom. The van der Waals surface area contributed by atoms with Crippen LogP contribution in [0.3, 0.4) is 0 Å². The molecule has 1 amide bonds. The summed E-state index contributed by atoms with van der Waals surface area (Å²) in [6.45, 7) is 4.15. The number of thiocarbonyl (C=S) groups is 1. The molecular weight excluding hydrogens is 372 g/mol. The number of benzene rings is 2. The van der Waals surface area contributed by atoms with Crippen LogP contribution in [0.4, 0.5) is 0 Å². The molecule has 0 radical (unpaired) electrons. The highest BCUT2D eigenvalue weighted by Crippen LogP contribution is 2.30. The van der Waals surface area contributed by atoms with Crippen molar-refractivity contribution in [3.63, 3.8) is 0 Å². The van der Waals surface area contributed by atoms with Crippen molar-refractivity contribution in [3.05, 3.63) is 82.5 Å². The van der Waals surface area contributed by atoms with E-state index >= 15 is 0 Å². The molecule has 1 fully saturated rings. The summed E-state index contributed by atoms with van der Waals surface area (Å²) in [7, 11) is 0. The Balaban J connectivity index is 1.69. The number of carbonyl (C=O) groups excluding carboxylic acids is 1. The maximum absolute atomic E-state index is 11.9. The summed E-state index contributed by atoms with van der Waals surface area (Å²) in [6.07, 6.45) is 1.91. The van der Waals surface area contributed by atoms with Crippen LogP contribution in [0.2, 0.25) is 0 Å². The molecule has 0 saturated carbocycles. The van der Waals surface area contributed by atoms with Crippen molar-refractivity contribution in [3.8, 4) is 16.8 Å². The fraction of sp³-hybridized carbons (Fsp3) is 0.0909. The number of thioether (sulfide) groups is 1. The molecule has 0 atom stereocenters. The quantitative estimate of drug-likeness (QED) is 0.490. The molecule has 1 aromatic heterocycles. The van der Waals surface area contributed by atoms with Gasteiger partial charge in [0, 0.05) is 17.1 Å². The molecule has 2 heterocycles. The molecule has 0 spiro atoms. The van der Waals surface area contributed by atoms with Gasteiger partial charge in [0.25, 0.3) is 5.91 Å². The van der Waals surface area contributed by atoms with Crippen LogP contribution in [0.25, 0.3) is 22.9 Å². The SMILES string of the molecule is Cc1cc(/C=C2/SC(=S)NC2=O)c(C)n1-c1ccc(-c2ccccc2)cc1. The van der Waals surface area contributed by atoms with Gasteiger partial charge in [-0.05, 0) is 54.8 Å². The maximum Gasteiger partial charge on any atom is 0.263 e. The lowest BCUT2D eigenvalue weighted by atomic mass is 10.1. The number of rotatable bonds is 3. The van der Waals surface area contributed by atoms with Gasteiger partial charge in [-0.2, -0.15) is 0 Å². The highest BCUT2D eigenvalue weighted by Gasteiger charge is 2.23. The Hall–Kier alpha value is -2.63. The Morgan fingerprint density at radius 2 is 1.67 bits per heavy atom. The number of nitrogens with one attached hydrogen (secondary N) is 1. The molecule has 4 rings (SSSR count). The van der Waals surface area contributed by atoms with Crippen LogP contribution in [0.15, 0.2) is 65.6 Å². The largest absolute Gasteiger partial charge is 0.318 e. The molecule has 27 heavy (non-hydrogen) atoms. The van der Waals surface area contributed by atoms with Gasteiger partial charge in [0.15, 0.2) is 0 Å². The first-order valence-electron chi connectivity index (χ1n) is 8.62. The van der Waals surface area contributed by atoms with Crippen molar-refractivity contribution in [2.75, 3.05) is 0 Å². The molecular formula is C22H18N2OS2. The van der Waals surface area contributed by atoms with Gasteiger partial charge in [0.05, 0.1) is 4.91 Å². The van der Waals surface area contributed by atoms with Gasteiger partial charge in [-0.15, -0.1) is 0 Å². The van der Waals surface area contributed by atoms with Gasteiger partial charge in [-0.25, -0.2) is 0 Å². The van der Waals surface area contributed by atoms with Crippen molar-refractivity contribution >= 4 is 40.3 Å². The number of nitrogens with zero attached hydrogens (tertiary/aromatic N) is 1. The normalized spacial score (nSPS) is 15.4. The number of aryl methyl sites for hydroxylation is 1. The average Bonchev–Trinajstić information content (AvgIpc) is 3.13. The second-order valence-electron chi connectivity index (χ2n) is 6.43. The van der Waals surface area contributed by atoms with Crippen molar-refractivity contribution < 1.29 is 4.79 Å². The van der Waals surface area contributed by atoms with E-state index in [-0.39, 0.29) is 5.91 Å². The van der Waals surface area contributed by atoms with E-state index in [0.717, 1.165) is 22.6 Å². The first kappa shape index (κ1) is 17.8. The summed E-state index contributed by atoms with van der Waals surface area (Å²) in [5.41, 5.74) is 6.75. The smallest absolute Gasteiger partial charge is 0.263 e. The van der Waals surface area contributed by atoms with Gasteiger partial charge in [0.2, 0.25) is 0 Å². The molecule has 2 aromatic carbocycles. The van der Waals surface area contributed by atoms with Crippen LogP contribution in [-0.2, 0) is 4.79 Å². The minimum Gasteiger partial charge on any atom is -0.318 e.